The lowest BCUT2D eigenvalue weighted by Gasteiger charge is -2.15. The lowest BCUT2D eigenvalue weighted by atomic mass is 10.1. The maximum Gasteiger partial charge on any atom is 0.305 e. The van der Waals surface area contributed by atoms with E-state index in [1.165, 1.54) is 20.9 Å². The smallest absolute Gasteiger partial charge is 0.305 e. The summed E-state index contributed by atoms with van der Waals surface area (Å²) in [6.45, 7) is 3.07. The van der Waals surface area contributed by atoms with E-state index in [9.17, 15) is 19.2 Å². The van der Waals surface area contributed by atoms with Crippen LogP contribution in [0.3, 0.4) is 0 Å². The van der Waals surface area contributed by atoms with Crippen LogP contribution in [0, 0.1) is 5.92 Å². The van der Waals surface area contributed by atoms with Crippen molar-refractivity contribution in [1.29, 1.82) is 0 Å². The van der Waals surface area contributed by atoms with Crippen LogP contribution in [0.25, 0.3) is 0 Å². The molecule has 0 aliphatic rings. The molecule has 2 amide bonds. The molecule has 0 aromatic heterocycles. The highest BCUT2D eigenvalue weighted by Gasteiger charge is 2.26. The number of likely N-dealkylation sites (N-methyl/N-ethyl adjacent to an activating group) is 1. The third-order valence-electron chi connectivity index (χ3n) is 2.00. The maximum atomic E-state index is 11.4. The Hall–Kier alpha value is -1.92. The van der Waals surface area contributed by atoms with Gasteiger partial charge >= 0.3 is 5.97 Å². The zero-order valence-corrected chi connectivity index (χ0v) is 9.94. The molecule has 7 nitrogen and oxygen atoms in total. The number of ketones is 1. The van der Waals surface area contributed by atoms with E-state index in [1.54, 1.807) is 0 Å². The van der Waals surface area contributed by atoms with Gasteiger partial charge in [0, 0.05) is 13.0 Å². The van der Waals surface area contributed by atoms with Crippen LogP contribution in [-0.2, 0) is 19.2 Å². The van der Waals surface area contributed by atoms with E-state index in [2.05, 4.69) is 10.6 Å². The number of hydrogen-bond acceptors (Lipinski definition) is 4. The van der Waals surface area contributed by atoms with Gasteiger partial charge in [-0.15, -0.1) is 0 Å². The van der Waals surface area contributed by atoms with Crippen molar-refractivity contribution in [3.8, 4) is 0 Å². The number of amides is 2. The lowest BCUT2D eigenvalue weighted by Crippen LogP contribution is -2.49. The quantitative estimate of drug-likeness (QED) is 0.514. The van der Waals surface area contributed by atoms with Crippen molar-refractivity contribution in [1.82, 2.24) is 10.6 Å². The zero-order valence-electron chi connectivity index (χ0n) is 9.94. The average molecular weight is 244 g/mol. The lowest BCUT2D eigenvalue weighted by molar-refractivity contribution is -0.143. The van der Waals surface area contributed by atoms with Crippen LogP contribution in [0.4, 0.5) is 0 Å². The minimum Gasteiger partial charge on any atom is -0.481 e. The Morgan fingerprint density at radius 3 is 2.06 bits per heavy atom. The standard InChI is InChI=1S/C10H16N2O5/c1-5(2)8(15)10(17)12-6(4-7(13)14)9(16)11-3/h5-6H,4H2,1-3H3,(H,11,16)(H,12,17)(H,13,14). The van der Waals surface area contributed by atoms with Crippen LogP contribution in [-0.4, -0.2) is 41.8 Å². The van der Waals surface area contributed by atoms with Crippen molar-refractivity contribution in [3.05, 3.63) is 0 Å². The maximum absolute atomic E-state index is 11.4. The van der Waals surface area contributed by atoms with Gasteiger partial charge in [0.2, 0.25) is 11.7 Å². The molecule has 1 unspecified atom stereocenters. The molecule has 0 fully saturated rings. The van der Waals surface area contributed by atoms with Gasteiger partial charge < -0.3 is 15.7 Å². The molecule has 0 radical (unpaired) electrons. The minimum atomic E-state index is -1.24. The Bertz CT molecular complexity index is 338. The third-order valence-corrected chi connectivity index (χ3v) is 2.00. The molecule has 7 heteroatoms. The first-order chi connectivity index (χ1) is 7.79. The molecule has 0 heterocycles. The largest absolute Gasteiger partial charge is 0.481 e. The van der Waals surface area contributed by atoms with Crippen molar-refractivity contribution in [2.75, 3.05) is 7.05 Å². The number of aliphatic carboxylic acids is 1. The molecular weight excluding hydrogens is 228 g/mol. The van der Waals surface area contributed by atoms with E-state index in [1.807, 2.05) is 0 Å². The molecular formula is C10H16N2O5. The highest BCUT2D eigenvalue weighted by Crippen LogP contribution is 1.97. The summed E-state index contributed by atoms with van der Waals surface area (Å²) in [5, 5.41) is 12.9. The number of Topliss-reactive ketones (excluding diaryl/α,β-unsaturated/α-hetero) is 1. The average Bonchev–Trinajstić information content (AvgIpc) is 2.24. The zero-order chi connectivity index (χ0) is 13.6. The van der Waals surface area contributed by atoms with E-state index < -0.39 is 41.9 Å². The molecule has 3 N–H and O–H groups in total. The topological polar surface area (TPSA) is 113 Å². The Morgan fingerprint density at radius 2 is 1.71 bits per heavy atom. The van der Waals surface area contributed by atoms with Crippen LogP contribution < -0.4 is 10.6 Å². The van der Waals surface area contributed by atoms with Gasteiger partial charge in [-0.2, -0.15) is 0 Å². The van der Waals surface area contributed by atoms with E-state index >= 15 is 0 Å². The summed E-state index contributed by atoms with van der Waals surface area (Å²) < 4.78 is 0. The summed E-state index contributed by atoms with van der Waals surface area (Å²) in [6.07, 6.45) is -0.573. The minimum absolute atomic E-state index is 0.509. The van der Waals surface area contributed by atoms with Crippen LogP contribution in [0.5, 0.6) is 0 Å². The molecule has 0 saturated carbocycles. The van der Waals surface area contributed by atoms with Crippen LogP contribution >= 0.6 is 0 Å². The molecule has 0 aliphatic carbocycles. The Morgan fingerprint density at radius 1 is 1.18 bits per heavy atom. The van der Waals surface area contributed by atoms with Crippen LogP contribution in [0.1, 0.15) is 20.3 Å². The molecule has 17 heavy (non-hydrogen) atoms. The second kappa shape index (κ2) is 6.62. The Labute approximate surface area is 98.6 Å². The Kier molecular flexibility index (Phi) is 5.87. The fourth-order valence-electron chi connectivity index (χ4n) is 1.05. The van der Waals surface area contributed by atoms with Gasteiger partial charge in [-0.3, -0.25) is 19.2 Å². The summed E-state index contributed by atoms with van der Waals surface area (Å²) in [5.74, 6) is -4.04. The second-order valence-corrected chi connectivity index (χ2v) is 3.76. The van der Waals surface area contributed by atoms with Crippen LogP contribution in [0.15, 0.2) is 0 Å². The summed E-state index contributed by atoms with van der Waals surface area (Å²) in [7, 11) is 1.31. The van der Waals surface area contributed by atoms with Crippen molar-refractivity contribution in [2.24, 2.45) is 5.92 Å². The molecule has 0 rings (SSSR count). The van der Waals surface area contributed by atoms with E-state index in [0.29, 0.717) is 0 Å². The van der Waals surface area contributed by atoms with E-state index in [4.69, 9.17) is 5.11 Å². The highest BCUT2D eigenvalue weighted by atomic mass is 16.4. The van der Waals surface area contributed by atoms with Gasteiger partial charge in [0.05, 0.1) is 6.42 Å². The van der Waals surface area contributed by atoms with Gasteiger partial charge in [0.15, 0.2) is 0 Å². The summed E-state index contributed by atoms with van der Waals surface area (Å²) >= 11 is 0. The van der Waals surface area contributed by atoms with Crippen molar-refractivity contribution in [2.45, 2.75) is 26.3 Å². The Balaban J connectivity index is 4.64. The molecule has 0 aromatic carbocycles. The SMILES string of the molecule is CNC(=O)C(CC(=O)O)NC(=O)C(=O)C(C)C. The number of carboxylic acids is 1. The number of hydrogen-bond donors (Lipinski definition) is 3. The molecule has 1 atom stereocenters. The number of carbonyl (C=O) groups excluding carboxylic acids is 3. The summed E-state index contributed by atoms with van der Waals surface area (Å²) in [6, 6.07) is -1.24. The first kappa shape index (κ1) is 15.1. The number of nitrogens with one attached hydrogen (secondary N) is 2. The molecule has 0 aliphatic heterocycles. The third kappa shape index (κ3) is 5.10. The van der Waals surface area contributed by atoms with Gasteiger partial charge in [0.25, 0.3) is 5.91 Å². The monoisotopic (exact) mass is 244 g/mol. The summed E-state index contributed by atoms with van der Waals surface area (Å²) in [5.41, 5.74) is 0. The fourth-order valence-corrected chi connectivity index (χ4v) is 1.05. The van der Waals surface area contributed by atoms with E-state index in [0.717, 1.165) is 0 Å². The van der Waals surface area contributed by atoms with Crippen LogP contribution in [0.2, 0.25) is 0 Å². The highest BCUT2D eigenvalue weighted by molar-refractivity contribution is 6.37. The van der Waals surface area contributed by atoms with Crippen molar-refractivity contribution < 1.29 is 24.3 Å². The molecule has 0 spiro atoms. The normalized spacial score (nSPS) is 11.8. The fraction of sp³-hybridized carbons (Fsp3) is 0.600. The van der Waals surface area contributed by atoms with Crippen molar-refractivity contribution in [3.63, 3.8) is 0 Å². The van der Waals surface area contributed by atoms with E-state index in [-0.39, 0.29) is 0 Å². The predicted molar refractivity (Wildman–Crippen MR) is 58.1 cm³/mol. The number of rotatable bonds is 6. The summed E-state index contributed by atoms with van der Waals surface area (Å²) in [4.78, 5) is 44.4. The van der Waals surface area contributed by atoms with Gasteiger partial charge in [-0.05, 0) is 0 Å². The second-order valence-electron chi connectivity index (χ2n) is 3.76. The number of carboxylic acid groups (broad SMARTS) is 1. The molecule has 0 bridgehead atoms. The molecule has 96 valence electrons. The van der Waals surface area contributed by atoms with Crippen molar-refractivity contribution >= 4 is 23.6 Å². The molecule has 0 aromatic rings. The molecule has 0 saturated heterocycles. The van der Waals surface area contributed by atoms with Gasteiger partial charge in [-0.1, -0.05) is 13.8 Å². The number of carbonyl (C=O) groups is 4. The predicted octanol–water partition coefficient (Wildman–Crippen LogP) is -1.08. The van der Waals surface area contributed by atoms with Gasteiger partial charge in [0.1, 0.15) is 6.04 Å². The van der Waals surface area contributed by atoms with Gasteiger partial charge in [-0.25, -0.2) is 0 Å². The first-order valence-corrected chi connectivity index (χ1v) is 5.07. The first-order valence-electron chi connectivity index (χ1n) is 5.07.